The number of nitrogens with two attached hydrogens (primary N) is 1. The van der Waals surface area contributed by atoms with Gasteiger partial charge in [0.1, 0.15) is 11.5 Å². The molecule has 3 rings (SSSR count). The molecule has 0 aliphatic carbocycles. The van der Waals surface area contributed by atoms with Crippen LogP contribution in [0.5, 0.6) is 0 Å². The molecule has 0 unspecified atom stereocenters. The first-order chi connectivity index (χ1) is 10.1. The molecule has 21 heavy (non-hydrogen) atoms. The van der Waals surface area contributed by atoms with Crippen LogP contribution in [-0.4, -0.2) is 14.8 Å². The first-order valence-electron chi connectivity index (χ1n) is 5.97. The van der Waals surface area contributed by atoms with Gasteiger partial charge >= 0.3 is 0 Å². The fourth-order valence-electron chi connectivity index (χ4n) is 1.91. The second-order valence-electron chi connectivity index (χ2n) is 4.31. The summed E-state index contributed by atoms with van der Waals surface area (Å²) in [4.78, 5) is 4.17. The maximum absolute atomic E-state index is 13.6. The number of aromatic nitrogens is 3. The second kappa shape index (κ2) is 5.35. The van der Waals surface area contributed by atoms with E-state index >= 15 is 0 Å². The summed E-state index contributed by atoms with van der Waals surface area (Å²) in [6.45, 7) is 0. The van der Waals surface area contributed by atoms with Crippen molar-refractivity contribution in [3.05, 3.63) is 58.6 Å². The van der Waals surface area contributed by atoms with E-state index in [1.54, 1.807) is 24.5 Å². The lowest BCUT2D eigenvalue weighted by Gasteiger charge is -2.04. The van der Waals surface area contributed by atoms with Crippen LogP contribution in [0.3, 0.4) is 0 Å². The van der Waals surface area contributed by atoms with Gasteiger partial charge in [0.15, 0.2) is 5.82 Å². The van der Waals surface area contributed by atoms with Crippen molar-refractivity contribution in [2.45, 2.75) is 0 Å². The van der Waals surface area contributed by atoms with E-state index < -0.39 is 5.82 Å². The number of rotatable bonds is 2. The van der Waals surface area contributed by atoms with E-state index in [9.17, 15) is 4.39 Å². The molecule has 2 heterocycles. The van der Waals surface area contributed by atoms with Gasteiger partial charge in [0.05, 0.1) is 21.9 Å². The number of pyridine rings is 1. The third kappa shape index (κ3) is 2.57. The van der Waals surface area contributed by atoms with Crippen molar-refractivity contribution in [2.75, 3.05) is 5.73 Å². The third-order valence-electron chi connectivity index (χ3n) is 2.89. The summed E-state index contributed by atoms with van der Waals surface area (Å²) in [5.41, 5.74) is 7.06. The van der Waals surface area contributed by atoms with Gasteiger partial charge in [-0.15, -0.1) is 0 Å². The van der Waals surface area contributed by atoms with Gasteiger partial charge in [0, 0.05) is 11.8 Å². The second-order valence-corrected chi connectivity index (χ2v) is 5.13. The van der Waals surface area contributed by atoms with E-state index in [1.807, 2.05) is 6.07 Å². The maximum Gasteiger partial charge on any atom is 0.153 e. The minimum absolute atomic E-state index is 0.0496. The van der Waals surface area contributed by atoms with Gasteiger partial charge in [-0.05, 0) is 24.3 Å². The van der Waals surface area contributed by atoms with Crippen LogP contribution in [0.2, 0.25) is 10.0 Å². The summed E-state index contributed by atoms with van der Waals surface area (Å²) in [6, 6.07) is 7.94. The summed E-state index contributed by atoms with van der Waals surface area (Å²) < 4.78 is 15.1. The molecule has 0 saturated carbocycles. The Morgan fingerprint density at radius 2 is 1.95 bits per heavy atom. The van der Waals surface area contributed by atoms with Crippen LogP contribution in [0, 0.1) is 5.82 Å². The molecule has 2 aromatic heterocycles. The highest BCUT2D eigenvalue weighted by molar-refractivity contribution is 6.36. The minimum Gasteiger partial charge on any atom is -0.396 e. The minimum atomic E-state index is -0.581. The largest absolute Gasteiger partial charge is 0.396 e. The molecule has 0 aliphatic heterocycles. The molecule has 1 aromatic carbocycles. The van der Waals surface area contributed by atoms with E-state index in [1.165, 1.54) is 16.8 Å². The molecule has 0 aliphatic rings. The summed E-state index contributed by atoms with van der Waals surface area (Å²) in [5.74, 6) is 0.0175. The predicted octanol–water partition coefficient (Wildman–Crippen LogP) is 3.96. The van der Waals surface area contributed by atoms with Gasteiger partial charge in [-0.3, -0.25) is 0 Å². The van der Waals surface area contributed by atoms with Gasteiger partial charge in [-0.2, -0.15) is 5.10 Å². The van der Waals surface area contributed by atoms with Crippen molar-refractivity contribution < 1.29 is 4.39 Å². The van der Waals surface area contributed by atoms with Gasteiger partial charge < -0.3 is 5.73 Å². The Morgan fingerprint density at radius 3 is 2.67 bits per heavy atom. The lowest BCUT2D eigenvalue weighted by molar-refractivity contribution is 0.628. The van der Waals surface area contributed by atoms with Crippen LogP contribution in [0.1, 0.15) is 0 Å². The fourth-order valence-corrected chi connectivity index (χ4v) is 2.38. The number of nitrogen functional groups attached to an aromatic ring is 1. The fraction of sp³-hybridized carbons (Fsp3) is 0. The molecule has 0 atom stereocenters. The Bertz CT molecular complexity index is 802. The van der Waals surface area contributed by atoms with Crippen LogP contribution >= 0.6 is 23.2 Å². The number of benzene rings is 1. The lowest BCUT2D eigenvalue weighted by atomic mass is 10.1. The lowest BCUT2D eigenvalue weighted by Crippen LogP contribution is -1.97. The van der Waals surface area contributed by atoms with Crippen molar-refractivity contribution in [3.63, 3.8) is 0 Å². The molecule has 4 nitrogen and oxygen atoms in total. The molecular weight excluding hydrogens is 314 g/mol. The molecule has 0 radical (unpaired) electrons. The molecule has 106 valence electrons. The molecule has 2 N–H and O–H groups in total. The van der Waals surface area contributed by atoms with Crippen molar-refractivity contribution in [1.29, 1.82) is 0 Å². The standard InChI is InChI=1S/C14H9Cl2FN4/c15-9-6-10(16)11(17)5-8(9)14-12(18)7-21(20-14)13-3-1-2-4-19-13/h1-7H,18H2. The van der Waals surface area contributed by atoms with E-state index in [-0.39, 0.29) is 10.0 Å². The van der Waals surface area contributed by atoms with Crippen LogP contribution in [0.4, 0.5) is 10.1 Å². The Kier molecular flexibility index (Phi) is 3.53. The Balaban J connectivity index is 2.13. The molecule has 0 amide bonds. The number of hydrogen-bond acceptors (Lipinski definition) is 3. The molecule has 7 heteroatoms. The van der Waals surface area contributed by atoms with E-state index in [2.05, 4.69) is 10.1 Å². The average molecular weight is 323 g/mol. The van der Waals surface area contributed by atoms with Crippen LogP contribution in [0.25, 0.3) is 17.1 Å². The zero-order valence-corrected chi connectivity index (χ0v) is 12.1. The number of nitrogens with zero attached hydrogens (tertiary/aromatic N) is 3. The maximum atomic E-state index is 13.6. The van der Waals surface area contributed by atoms with Crippen molar-refractivity contribution in [1.82, 2.24) is 14.8 Å². The summed E-state index contributed by atoms with van der Waals surface area (Å²) in [7, 11) is 0. The summed E-state index contributed by atoms with van der Waals surface area (Å²) in [5, 5.41) is 4.54. The van der Waals surface area contributed by atoms with Crippen molar-refractivity contribution in [2.24, 2.45) is 0 Å². The van der Waals surface area contributed by atoms with Crippen molar-refractivity contribution >= 4 is 28.9 Å². The van der Waals surface area contributed by atoms with E-state index in [0.717, 1.165) is 0 Å². The number of halogens is 3. The van der Waals surface area contributed by atoms with Crippen LogP contribution in [-0.2, 0) is 0 Å². The quantitative estimate of drug-likeness (QED) is 0.726. The number of anilines is 1. The smallest absolute Gasteiger partial charge is 0.153 e. The van der Waals surface area contributed by atoms with Crippen molar-refractivity contribution in [3.8, 4) is 17.1 Å². The molecule has 0 spiro atoms. The number of hydrogen-bond donors (Lipinski definition) is 1. The van der Waals surface area contributed by atoms with Gasteiger partial charge in [0.25, 0.3) is 0 Å². The molecular formula is C14H9Cl2FN4. The topological polar surface area (TPSA) is 56.7 Å². The van der Waals surface area contributed by atoms with Gasteiger partial charge in [-0.25, -0.2) is 14.1 Å². The Labute approximate surface area is 129 Å². The van der Waals surface area contributed by atoms with Crippen LogP contribution < -0.4 is 5.73 Å². The average Bonchev–Trinajstić information content (AvgIpc) is 2.86. The molecule has 3 aromatic rings. The van der Waals surface area contributed by atoms with Gasteiger partial charge in [0.2, 0.25) is 0 Å². The molecule has 0 bridgehead atoms. The SMILES string of the molecule is Nc1cn(-c2ccccn2)nc1-c1cc(F)c(Cl)cc1Cl. The van der Waals surface area contributed by atoms with E-state index in [4.69, 9.17) is 28.9 Å². The highest BCUT2D eigenvalue weighted by Crippen LogP contribution is 2.34. The molecule has 0 saturated heterocycles. The first kappa shape index (κ1) is 13.9. The predicted molar refractivity (Wildman–Crippen MR) is 81.2 cm³/mol. The normalized spacial score (nSPS) is 10.8. The summed E-state index contributed by atoms with van der Waals surface area (Å²) in [6.07, 6.45) is 3.24. The first-order valence-corrected chi connectivity index (χ1v) is 6.73. The summed E-state index contributed by atoms with van der Waals surface area (Å²) >= 11 is 11.8. The van der Waals surface area contributed by atoms with E-state index in [0.29, 0.717) is 22.8 Å². The van der Waals surface area contributed by atoms with Gasteiger partial charge in [-0.1, -0.05) is 29.3 Å². The highest BCUT2D eigenvalue weighted by atomic mass is 35.5. The molecule has 0 fully saturated rings. The highest BCUT2D eigenvalue weighted by Gasteiger charge is 2.16. The zero-order chi connectivity index (χ0) is 15.0. The third-order valence-corrected chi connectivity index (χ3v) is 3.49. The zero-order valence-electron chi connectivity index (χ0n) is 10.6. The Hall–Kier alpha value is -2.11. The Morgan fingerprint density at radius 1 is 1.14 bits per heavy atom. The van der Waals surface area contributed by atoms with Crippen LogP contribution in [0.15, 0.2) is 42.7 Å². The monoisotopic (exact) mass is 322 g/mol.